The van der Waals surface area contributed by atoms with Crippen molar-refractivity contribution < 1.29 is 9.59 Å². The van der Waals surface area contributed by atoms with Gasteiger partial charge in [0.05, 0.1) is 0 Å². The molecule has 8 heteroatoms. The minimum atomic E-state index is -0.400. The Morgan fingerprint density at radius 2 is 2.19 bits per heavy atom. The van der Waals surface area contributed by atoms with Crippen molar-refractivity contribution in [2.24, 2.45) is 10.2 Å². The smallest absolute Gasteiger partial charge is 0.270 e. The standard InChI is InChI=1S/C13H15N5O2S/c1-3-4-5-13(17-18-13)6-7-14-11(20)10-8-21-12(16-10)15-9(2)19/h1,8H,4-7H2,2H3,(H,14,20)(H,15,16,19). The fraction of sp³-hybridized carbons (Fsp3) is 0.462. The summed E-state index contributed by atoms with van der Waals surface area (Å²) in [6.07, 6.45) is 7.17. The molecule has 21 heavy (non-hydrogen) atoms. The molecule has 0 aromatic carbocycles. The number of anilines is 1. The number of nitrogens with zero attached hydrogens (tertiary/aromatic N) is 3. The van der Waals surface area contributed by atoms with Crippen LogP contribution in [0.4, 0.5) is 5.13 Å². The van der Waals surface area contributed by atoms with Gasteiger partial charge in [-0.1, -0.05) is 0 Å². The third-order valence-electron chi connectivity index (χ3n) is 2.88. The number of rotatable bonds is 7. The highest BCUT2D eigenvalue weighted by Crippen LogP contribution is 2.36. The Labute approximate surface area is 126 Å². The van der Waals surface area contributed by atoms with Crippen LogP contribution in [0.25, 0.3) is 0 Å². The number of hydrogen-bond donors (Lipinski definition) is 2. The molecule has 0 spiro atoms. The van der Waals surface area contributed by atoms with Crippen molar-refractivity contribution in [3.8, 4) is 12.3 Å². The Bertz CT molecular complexity index is 610. The van der Waals surface area contributed by atoms with Crippen molar-refractivity contribution in [1.29, 1.82) is 0 Å². The SMILES string of the molecule is C#CCCC1(CCNC(=O)c2csc(NC(C)=O)n2)N=N1. The van der Waals surface area contributed by atoms with E-state index in [1.807, 2.05) is 0 Å². The van der Waals surface area contributed by atoms with Gasteiger partial charge in [0.15, 0.2) is 10.8 Å². The molecule has 0 bridgehead atoms. The van der Waals surface area contributed by atoms with E-state index in [4.69, 9.17) is 6.42 Å². The van der Waals surface area contributed by atoms with Crippen LogP contribution in [0.1, 0.15) is 36.7 Å². The molecule has 0 saturated carbocycles. The average molecular weight is 305 g/mol. The number of nitrogens with one attached hydrogen (secondary N) is 2. The zero-order valence-corrected chi connectivity index (χ0v) is 12.4. The Morgan fingerprint density at radius 3 is 2.81 bits per heavy atom. The van der Waals surface area contributed by atoms with Crippen LogP contribution in [0.2, 0.25) is 0 Å². The number of carbonyl (C=O) groups is 2. The summed E-state index contributed by atoms with van der Waals surface area (Å²) in [6.45, 7) is 1.84. The van der Waals surface area contributed by atoms with Gasteiger partial charge < -0.3 is 10.6 Å². The topological polar surface area (TPSA) is 95.8 Å². The largest absolute Gasteiger partial charge is 0.351 e. The summed E-state index contributed by atoms with van der Waals surface area (Å²) >= 11 is 1.21. The molecule has 110 valence electrons. The van der Waals surface area contributed by atoms with Crippen molar-refractivity contribution in [3.05, 3.63) is 11.1 Å². The van der Waals surface area contributed by atoms with E-state index in [1.165, 1.54) is 18.3 Å². The van der Waals surface area contributed by atoms with E-state index in [2.05, 4.69) is 31.8 Å². The molecular weight excluding hydrogens is 290 g/mol. The first-order valence-electron chi connectivity index (χ1n) is 6.43. The van der Waals surface area contributed by atoms with E-state index >= 15 is 0 Å². The van der Waals surface area contributed by atoms with E-state index in [0.717, 1.165) is 0 Å². The number of terminal acetylenes is 1. The van der Waals surface area contributed by atoms with Gasteiger partial charge in [-0.2, -0.15) is 10.2 Å². The third-order valence-corrected chi connectivity index (χ3v) is 3.64. The van der Waals surface area contributed by atoms with Crippen molar-refractivity contribution in [1.82, 2.24) is 10.3 Å². The second kappa shape index (κ2) is 6.45. The molecule has 0 radical (unpaired) electrons. The van der Waals surface area contributed by atoms with Gasteiger partial charge in [-0.25, -0.2) is 4.98 Å². The van der Waals surface area contributed by atoms with Crippen molar-refractivity contribution in [3.63, 3.8) is 0 Å². The number of thiazole rings is 1. The Hall–Kier alpha value is -2.27. The van der Waals surface area contributed by atoms with Gasteiger partial charge in [-0.15, -0.1) is 23.7 Å². The van der Waals surface area contributed by atoms with Gasteiger partial charge in [0, 0.05) is 38.1 Å². The van der Waals surface area contributed by atoms with Gasteiger partial charge in [-0.3, -0.25) is 9.59 Å². The van der Waals surface area contributed by atoms with E-state index in [0.29, 0.717) is 30.9 Å². The molecule has 2 N–H and O–H groups in total. The number of amides is 2. The second-order valence-electron chi connectivity index (χ2n) is 4.61. The van der Waals surface area contributed by atoms with Crippen LogP contribution in [0, 0.1) is 12.3 Å². The maximum absolute atomic E-state index is 11.9. The molecule has 1 aliphatic rings. The van der Waals surface area contributed by atoms with Gasteiger partial charge in [0.1, 0.15) is 5.69 Å². The van der Waals surface area contributed by atoms with Crippen LogP contribution in [0.3, 0.4) is 0 Å². The first-order valence-corrected chi connectivity index (χ1v) is 7.31. The van der Waals surface area contributed by atoms with Crippen LogP contribution in [0.15, 0.2) is 15.6 Å². The molecule has 2 heterocycles. The summed E-state index contributed by atoms with van der Waals surface area (Å²) in [7, 11) is 0. The minimum absolute atomic E-state index is 0.219. The highest BCUT2D eigenvalue weighted by molar-refractivity contribution is 7.14. The molecular formula is C13H15N5O2S. The first-order chi connectivity index (χ1) is 10.0. The highest BCUT2D eigenvalue weighted by atomic mass is 32.1. The Morgan fingerprint density at radius 1 is 1.43 bits per heavy atom. The Kier molecular flexibility index (Phi) is 4.65. The Balaban J connectivity index is 1.76. The lowest BCUT2D eigenvalue weighted by atomic mass is 10.0. The third kappa shape index (κ3) is 4.36. The van der Waals surface area contributed by atoms with Crippen LogP contribution in [0.5, 0.6) is 0 Å². The van der Waals surface area contributed by atoms with Gasteiger partial charge >= 0.3 is 0 Å². The highest BCUT2D eigenvalue weighted by Gasteiger charge is 2.38. The normalized spacial score (nSPS) is 14.3. The van der Waals surface area contributed by atoms with Crippen molar-refractivity contribution in [2.45, 2.75) is 31.8 Å². The lowest BCUT2D eigenvalue weighted by Gasteiger charge is -2.08. The number of hydrogen-bond acceptors (Lipinski definition) is 6. The maximum Gasteiger partial charge on any atom is 0.270 e. The summed E-state index contributed by atoms with van der Waals surface area (Å²) in [5, 5.41) is 15.3. The minimum Gasteiger partial charge on any atom is -0.351 e. The fourth-order valence-corrected chi connectivity index (χ4v) is 2.46. The maximum atomic E-state index is 11.9. The average Bonchev–Trinajstić information content (AvgIpc) is 3.05. The van der Waals surface area contributed by atoms with E-state index in [-0.39, 0.29) is 17.5 Å². The lowest BCUT2D eigenvalue weighted by molar-refractivity contribution is -0.114. The quantitative estimate of drug-likeness (QED) is 0.752. The molecule has 0 fully saturated rings. The summed E-state index contributed by atoms with van der Waals surface area (Å²) in [4.78, 5) is 26.8. The van der Waals surface area contributed by atoms with E-state index < -0.39 is 5.66 Å². The van der Waals surface area contributed by atoms with Crippen LogP contribution < -0.4 is 10.6 Å². The summed E-state index contributed by atoms with van der Waals surface area (Å²) in [5.74, 6) is 2.06. The predicted molar refractivity (Wildman–Crippen MR) is 79.0 cm³/mol. The number of aromatic nitrogens is 1. The van der Waals surface area contributed by atoms with Gasteiger partial charge in [-0.05, 0) is 0 Å². The molecule has 0 saturated heterocycles. The van der Waals surface area contributed by atoms with E-state index in [9.17, 15) is 9.59 Å². The van der Waals surface area contributed by atoms with Gasteiger partial charge in [0.25, 0.3) is 5.91 Å². The van der Waals surface area contributed by atoms with Crippen molar-refractivity contribution in [2.75, 3.05) is 11.9 Å². The predicted octanol–water partition coefficient (Wildman–Crippen LogP) is 1.80. The summed E-state index contributed by atoms with van der Waals surface area (Å²) in [5.41, 5.74) is -0.116. The second-order valence-corrected chi connectivity index (χ2v) is 5.47. The summed E-state index contributed by atoms with van der Waals surface area (Å²) < 4.78 is 0. The summed E-state index contributed by atoms with van der Waals surface area (Å²) in [6, 6.07) is 0. The zero-order chi connectivity index (χ0) is 15.3. The van der Waals surface area contributed by atoms with Crippen molar-refractivity contribution >= 4 is 28.3 Å². The van der Waals surface area contributed by atoms with E-state index in [1.54, 1.807) is 5.38 Å². The first kappa shape index (κ1) is 15.1. The monoisotopic (exact) mass is 305 g/mol. The molecule has 1 aromatic heterocycles. The molecule has 1 aliphatic heterocycles. The van der Waals surface area contributed by atoms with Crippen LogP contribution >= 0.6 is 11.3 Å². The molecule has 0 unspecified atom stereocenters. The van der Waals surface area contributed by atoms with Gasteiger partial charge in [0.2, 0.25) is 5.91 Å². The van der Waals surface area contributed by atoms with Crippen LogP contribution in [-0.2, 0) is 4.79 Å². The molecule has 0 atom stereocenters. The number of carbonyl (C=O) groups excluding carboxylic acids is 2. The molecule has 1 aromatic rings. The molecule has 7 nitrogen and oxygen atoms in total. The lowest BCUT2D eigenvalue weighted by Crippen LogP contribution is -2.28. The molecule has 0 aliphatic carbocycles. The molecule has 2 amide bonds. The van der Waals surface area contributed by atoms with Crippen LogP contribution in [-0.4, -0.2) is 29.0 Å². The fourth-order valence-electron chi connectivity index (χ4n) is 1.72. The zero-order valence-electron chi connectivity index (χ0n) is 11.5. The molecule has 2 rings (SSSR count).